The molecule has 8 rings (SSSR count). The highest BCUT2D eigenvalue weighted by atomic mass is 15.2. The average Bonchev–Trinajstić information content (AvgIpc) is 3.20. The van der Waals surface area contributed by atoms with Gasteiger partial charge in [0.1, 0.15) is 0 Å². The molecule has 4 aromatic rings. The molecule has 0 bridgehead atoms. The first-order valence-electron chi connectivity index (χ1n) is 23.1. The van der Waals surface area contributed by atoms with E-state index in [1.807, 2.05) is 0 Å². The lowest BCUT2D eigenvalue weighted by atomic mass is 9.63. The van der Waals surface area contributed by atoms with Crippen molar-refractivity contribution in [3.8, 4) is 11.1 Å². The van der Waals surface area contributed by atoms with Gasteiger partial charge in [0.15, 0.2) is 0 Å². The van der Waals surface area contributed by atoms with Crippen molar-refractivity contribution in [2.24, 2.45) is 11.8 Å². The number of nitrogens with zero attached hydrogens (tertiary/aromatic N) is 1. The van der Waals surface area contributed by atoms with Crippen LogP contribution < -0.4 is 10.2 Å². The molecule has 4 aliphatic rings. The van der Waals surface area contributed by atoms with Gasteiger partial charge in [0, 0.05) is 39.8 Å². The molecular weight excluding hydrogens is 725 g/mol. The molecule has 314 valence electrons. The molecule has 1 N–H and O–H groups in total. The molecule has 4 aromatic carbocycles. The average molecular weight is 797 g/mol. The van der Waals surface area contributed by atoms with E-state index in [9.17, 15) is 0 Å². The highest BCUT2D eigenvalue weighted by molar-refractivity contribution is 5.93. The molecule has 2 atom stereocenters. The fraction of sp³-hybridized carbons (Fsp3) is 0.448. The van der Waals surface area contributed by atoms with Gasteiger partial charge in [-0.25, -0.2) is 0 Å². The van der Waals surface area contributed by atoms with Crippen molar-refractivity contribution in [3.63, 3.8) is 0 Å². The Morgan fingerprint density at radius 2 is 1.15 bits per heavy atom. The van der Waals surface area contributed by atoms with Gasteiger partial charge in [0.25, 0.3) is 0 Å². The van der Waals surface area contributed by atoms with Crippen LogP contribution in [0.3, 0.4) is 0 Å². The Morgan fingerprint density at radius 1 is 0.617 bits per heavy atom. The summed E-state index contributed by atoms with van der Waals surface area (Å²) in [4.78, 5) is 2.59. The fourth-order valence-corrected chi connectivity index (χ4v) is 10.4. The number of allylic oxidation sites excluding steroid dienone is 7. The van der Waals surface area contributed by atoms with Gasteiger partial charge < -0.3 is 10.2 Å². The minimum atomic E-state index is -0.00458. The highest BCUT2D eigenvalue weighted by Crippen LogP contribution is 2.51. The minimum absolute atomic E-state index is 0.00458. The van der Waals surface area contributed by atoms with Crippen LogP contribution in [0.25, 0.3) is 16.7 Å². The van der Waals surface area contributed by atoms with Crippen LogP contribution in [-0.4, -0.2) is 0 Å². The molecule has 0 aromatic heterocycles. The summed E-state index contributed by atoms with van der Waals surface area (Å²) >= 11 is 0. The van der Waals surface area contributed by atoms with Crippen LogP contribution in [0, 0.1) is 11.8 Å². The second-order valence-electron chi connectivity index (χ2n) is 22.5. The van der Waals surface area contributed by atoms with Crippen LogP contribution in [0.4, 0.5) is 17.1 Å². The zero-order chi connectivity index (χ0) is 43.0. The van der Waals surface area contributed by atoms with Gasteiger partial charge in [-0.15, -0.1) is 0 Å². The highest BCUT2D eigenvalue weighted by Gasteiger charge is 2.40. The lowest BCUT2D eigenvalue weighted by Gasteiger charge is -2.44. The van der Waals surface area contributed by atoms with Gasteiger partial charge >= 0.3 is 0 Å². The van der Waals surface area contributed by atoms with E-state index in [1.54, 1.807) is 0 Å². The van der Waals surface area contributed by atoms with Crippen molar-refractivity contribution >= 4 is 22.6 Å². The Labute approximate surface area is 364 Å². The van der Waals surface area contributed by atoms with Crippen LogP contribution in [0.1, 0.15) is 162 Å². The smallest absolute Gasteiger partial charge is 0.0541 e. The van der Waals surface area contributed by atoms with Crippen molar-refractivity contribution in [3.05, 3.63) is 154 Å². The number of rotatable bonds is 7. The molecule has 0 heterocycles. The van der Waals surface area contributed by atoms with Gasteiger partial charge in [-0.05, 0) is 153 Å². The van der Waals surface area contributed by atoms with E-state index < -0.39 is 0 Å². The van der Waals surface area contributed by atoms with E-state index in [0.29, 0.717) is 5.92 Å². The first-order chi connectivity index (χ1) is 28.2. The number of fused-ring (bicyclic) bond motifs is 2. The van der Waals surface area contributed by atoms with Crippen molar-refractivity contribution in [2.45, 2.75) is 156 Å². The van der Waals surface area contributed by atoms with Gasteiger partial charge in [0.05, 0.1) is 5.69 Å². The zero-order valence-corrected chi connectivity index (χ0v) is 39.2. The molecule has 2 unspecified atom stereocenters. The maximum Gasteiger partial charge on any atom is 0.0541 e. The van der Waals surface area contributed by atoms with Crippen molar-refractivity contribution in [1.29, 1.82) is 0 Å². The first kappa shape index (κ1) is 42.1. The first-order valence-corrected chi connectivity index (χ1v) is 23.1. The van der Waals surface area contributed by atoms with Crippen LogP contribution in [0.15, 0.2) is 121 Å². The Hall–Kier alpha value is -4.56. The van der Waals surface area contributed by atoms with E-state index in [2.05, 4.69) is 209 Å². The van der Waals surface area contributed by atoms with Crippen LogP contribution in [0.5, 0.6) is 0 Å². The molecular formula is C58H72N2. The van der Waals surface area contributed by atoms with E-state index >= 15 is 0 Å². The summed E-state index contributed by atoms with van der Waals surface area (Å²) < 4.78 is 0. The molecule has 2 heteroatoms. The molecule has 4 aliphatic carbocycles. The summed E-state index contributed by atoms with van der Waals surface area (Å²) in [6.45, 7) is 31.4. The molecule has 60 heavy (non-hydrogen) atoms. The Bertz CT molecular complexity index is 2340. The third-order valence-electron chi connectivity index (χ3n) is 15.1. The standard InChI is InChI=1S/C58H72N2/c1-38-32-45(37-52(39(38)2)59-53-46(40-20-16-14-17-21-40)33-42(54(3,4)5)34-47(53)41-22-18-15-19-23-41)60(43-24-26-48-50(35-43)57(10,11)30-28-55(48,6)7)44-25-27-49-51(36-44)58(12,13)31-29-56(49,8)9/h14,16-18,20-27,32-39,59H,15,19,28-31H2,1-13H3. The van der Waals surface area contributed by atoms with Crippen molar-refractivity contribution in [1.82, 2.24) is 0 Å². The molecule has 0 saturated heterocycles. The van der Waals surface area contributed by atoms with E-state index in [0.717, 1.165) is 12.8 Å². The number of nitrogens with one attached hydrogen (secondary N) is 1. The third kappa shape index (κ3) is 7.78. The lowest BCUT2D eigenvalue weighted by molar-refractivity contribution is 0.332. The normalized spacial score (nSPS) is 22.4. The maximum atomic E-state index is 4.23. The van der Waals surface area contributed by atoms with Gasteiger partial charge in [-0.1, -0.05) is 157 Å². The predicted octanol–water partition coefficient (Wildman–Crippen LogP) is 16.4. The molecule has 0 aliphatic heterocycles. The molecule has 0 amide bonds. The Morgan fingerprint density at radius 3 is 1.67 bits per heavy atom. The van der Waals surface area contributed by atoms with E-state index in [4.69, 9.17) is 0 Å². The topological polar surface area (TPSA) is 15.3 Å². The van der Waals surface area contributed by atoms with Crippen molar-refractivity contribution < 1.29 is 0 Å². The van der Waals surface area contributed by atoms with Crippen LogP contribution in [0.2, 0.25) is 0 Å². The van der Waals surface area contributed by atoms with Gasteiger partial charge in [0.2, 0.25) is 0 Å². The Kier molecular flexibility index (Phi) is 10.6. The van der Waals surface area contributed by atoms with Crippen LogP contribution in [-0.2, 0) is 27.1 Å². The summed E-state index contributed by atoms with van der Waals surface area (Å²) in [6, 6.07) is 30.8. The minimum Gasteiger partial charge on any atom is -0.358 e. The van der Waals surface area contributed by atoms with Crippen molar-refractivity contribution in [2.75, 3.05) is 10.2 Å². The number of benzene rings is 4. The quantitative estimate of drug-likeness (QED) is 0.200. The second kappa shape index (κ2) is 15.1. The summed E-state index contributed by atoms with van der Waals surface area (Å²) in [5.41, 5.74) is 19.1. The van der Waals surface area contributed by atoms with Gasteiger partial charge in [-0.3, -0.25) is 0 Å². The maximum absolute atomic E-state index is 4.23. The second-order valence-corrected chi connectivity index (χ2v) is 22.5. The summed E-state index contributed by atoms with van der Waals surface area (Å²) in [5.74, 6) is 0.596. The zero-order valence-electron chi connectivity index (χ0n) is 39.2. The Balaban J connectivity index is 1.34. The lowest BCUT2D eigenvalue weighted by Crippen LogP contribution is -2.35. The summed E-state index contributed by atoms with van der Waals surface area (Å²) in [7, 11) is 0. The molecule has 0 radical (unpaired) electrons. The molecule has 0 saturated carbocycles. The number of hydrogen-bond acceptors (Lipinski definition) is 2. The largest absolute Gasteiger partial charge is 0.358 e. The number of hydrogen-bond donors (Lipinski definition) is 1. The monoisotopic (exact) mass is 797 g/mol. The van der Waals surface area contributed by atoms with Crippen LogP contribution >= 0.6 is 0 Å². The fourth-order valence-electron chi connectivity index (χ4n) is 10.4. The molecule has 0 spiro atoms. The molecule has 0 fully saturated rings. The van der Waals surface area contributed by atoms with E-state index in [-0.39, 0.29) is 33.0 Å². The third-order valence-corrected chi connectivity index (χ3v) is 15.1. The SMILES string of the molecule is CC1C=C(N(c2ccc3c(c2)C(C)(C)CCC3(C)C)c2ccc3c(c2)C(C)(C)CCC3(C)C)C=C(Nc2c(C3=CCCC=C3)cc(C(C)(C)C)cc2-c2ccccc2)C1C. The predicted molar refractivity (Wildman–Crippen MR) is 261 cm³/mol. The summed E-state index contributed by atoms with van der Waals surface area (Å²) in [5, 5.41) is 4.23. The number of anilines is 3. The summed E-state index contributed by atoms with van der Waals surface area (Å²) in [6.07, 6.45) is 19.1. The molecule has 2 nitrogen and oxygen atoms in total. The van der Waals surface area contributed by atoms with E-state index in [1.165, 1.54) is 104 Å². The van der Waals surface area contributed by atoms with Gasteiger partial charge in [-0.2, -0.15) is 0 Å².